The minimum absolute atomic E-state index is 0.0542. The lowest BCUT2D eigenvalue weighted by molar-refractivity contribution is -0.121. The molecule has 4 nitrogen and oxygen atoms in total. The van der Waals surface area contributed by atoms with Crippen LogP contribution in [0.5, 0.6) is 0 Å². The van der Waals surface area contributed by atoms with Gasteiger partial charge in [0.15, 0.2) is 11.7 Å². The number of nitrogens with zero attached hydrogens (tertiary/aromatic N) is 1. The third-order valence-corrected chi connectivity index (χ3v) is 3.31. The highest BCUT2D eigenvalue weighted by molar-refractivity contribution is 5.75. The maximum atomic E-state index is 11.6. The van der Waals surface area contributed by atoms with E-state index in [1.165, 1.54) is 5.56 Å². The lowest BCUT2D eigenvalue weighted by atomic mass is 10.1. The van der Waals surface area contributed by atoms with Crippen molar-refractivity contribution < 1.29 is 9.21 Å². The first-order chi connectivity index (χ1) is 10.2. The largest absolute Gasteiger partial charge is 0.441 e. The van der Waals surface area contributed by atoms with Crippen LogP contribution in [0.1, 0.15) is 37.6 Å². The van der Waals surface area contributed by atoms with Crippen molar-refractivity contribution in [2.75, 3.05) is 6.54 Å². The maximum absolute atomic E-state index is 11.6. The third-order valence-electron chi connectivity index (χ3n) is 3.31. The van der Waals surface area contributed by atoms with Gasteiger partial charge in [0.25, 0.3) is 0 Å². The number of carbonyl (C=O) groups excluding carboxylic acids is 1. The molecule has 0 fully saturated rings. The van der Waals surface area contributed by atoms with Crippen LogP contribution >= 0.6 is 0 Å². The highest BCUT2D eigenvalue weighted by Gasteiger charge is 2.08. The molecule has 2 rings (SSSR count). The van der Waals surface area contributed by atoms with E-state index in [-0.39, 0.29) is 5.91 Å². The lowest BCUT2D eigenvalue weighted by Gasteiger charge is -2.02. The van der Waals surface area contributed by atoms with Gasteiger partial charge in [0.05, 0.1) is 6.20 Å². The molecular weight excluding hydrogens is 264 g/mol. The summed E-state index contributed by atoms with van der Waals surface area (Å²) in [5.74, 6) is 1.41. The number of hydrogen-bond acceptors (Lipinski definition) is 3. The van der Waals surface area contributed by atoms with Crippen molar-refractivity contribution in [3.05, 3.63) is 41.9 Å². The summed E-state index contributed by atoms with van der Waals surface area (Å²) in [5, 5.41) is 2.89. The molecule has 0 radical (unpaired) electrons. The van der Waals surface area contributed by atoms with Gasteiger partial charge in [-0.25, -0.2) is 4.98 Å². The van der Waals surface area contributed by atoms with E-state index in [0.717, 1.165) is 30.7 Å². The number of carbonyl (C=O) groups is 1. The number of hydrogen-bond donors (Lipinski definition) is 1. The second-order valence-corrected chi connectivity index (χ2v) is 5.19. The van der Waals surface area contributed by atoms with Crippen LogP contribution in [0.3, 0.4) is 0 Å². The normalized spacial score (nSPS) is 10.6. The van der Waals surface area contributed by atoms with Crippen LogP contribution in [0.4, 0.5) is 0 Å². The molecule has 0 aliphatic heterocycles. The topological polar surface area (TPSA) is 55.1 Å². The second kappa shape index (κ2) is 7.62. The Morgan fingerprint density at radius 2 is 2.05 bits per heavy atom. The van der Waals surface area contributed by atoms with Gasteiger partial charge in [0, 0.05) is 24.9 Å². The average molecular weight is 286 g/mol. The van der Waals surface area contributed by atoms with Crippen molar-refractivity contribution >= 4 is 5.91 Å². The zero-order valence-electron chi connectivity index (χ0n) is 12.7. The molecule has 4 heteroatoms. The summed E-state index contributed by atoms with van der Waals surface area (Å²) in [5.41, 5.74) is 2.22. The standard InChI is InChI=1S/C17H22N2O2/c1-3-4-11-18-16(20)9-10-17-19-12-15(21-17)14-7-5-13(2)6-8-14/h5-8,12H,3-4,9-11H2,1-2H3,(H,18,20). The van der Waals surface area contributed by atoms with Crippen LogP contribution < -0.4 is 5.32 Å². The molecular formula is C17H22N2O2. The lowest BCUT2D eigenvalue weighted by Crippen LogP contribution is -2.24. The average Bonchev–Trinajstić information content (AvgIpc) is 2.95. The van der Waals surface area contributed by atoms with Gasteiger partial charge in [-0.3, -0.25) is 4.79 Å². The van der Waals surface area contributed by atoms with Gasteiger partial charge in [-0.1, -0.05) is 43.2 Å². The predicted molar refractivity (Wildman–Crippen MR) is 82.9 cm³/mol. The summed E-state index contributed by atoms with van der Waals surface area (Å²) in [6.45, 7) is 4.90. The molecule has 0 aliphatic carbocycles. The molecule has 0 unspecified atom stereocenters. The fourth-order valence-electron chi connectivity index (χ4n) is 1.99. The van der Waals surface area contributed by atoms with Crippen molar-refractivity contribution in [2.24, 2.45) is 0 Å². The van der Waals surface area contributed by atoms with E-state index in [4.69, 9.17) is 4.42 Å². The van der Waals surface area contributed by atoms with E-state index >= 15 is 0 Å². The smallest absolute Gasteiger partial charge is 0.220 e. The monoisotopic (exact) mass is 286 g/mol. The minimum atomic E-state index is 0.0542. The molecule has 1 N–H and O–H groups in total. The van der Waals surface area contributed by atoms with Gasteiger partial charge in [-0.2, -0.15) is 0 Å². The number of oxazole rings is 1. The van der Waals surface area contributed by atoms with Gasteiger partial charge in [-0.05, 0) is 13.3 Å². The van der Waals surface area contributed by atoms with Crippen molar-refractivity contribution in [2.45, 2.75) is 39.5 Å². The quantitative estimate of drug-likeness (QED) is 0.793. The van der Waals surface area contributed by atoms with E-state index < -0.39 is 0 Å². The van der Waals surface area contributed by atoms with Gasteiger partial charge >= 0.3 is 0 Å². The molecule has 0 saturated heterocycles. The van der Waals surface area contributed by atoms with E-state index in [1.807, 2.05) is 31.2 Å². The summed E-state index contributed by atoms with van der Waals surface area (Å²) in [4.78, 5) is 15.9. The number of nitrogens with one attached hydrogen (secondary N) is 1. The zero-order chi connectivity index (χ0) is 15.1. The van der Waals surface area contributed by atoms with Crippen LogP contribution in [0.25, 0.3) is 11.3 Å². The molecule has 2 aromatic rings. The third kappa shape index (κ3) is 4.74. The number of aromatic nitrogens is 1. The number of rotatable bonds is 7. The van der Waals surface area contributed by atoms with Gasteiger partial charge < -0.3 is 9.73 Å². The SMILES string of the molecule is CCCCNC(=O)CCc1ncc(-c2ccc(C)cc2)o1. The van der Waals surface area contributed by atoms with E-state index in [2.05, 4.69) is 17.2 Å². The summed E-state index contributed by atoms with van der Waals surface area (Å²) in [6, 6.07) is 8.10. The highest BCUT2D eigenvalue weighted by Crippen LogP contribution is 2.21. The van der Waals surface area contributed by atoms with Gasteiger partial charge in [-0.15, -0.1) is 0 Å². The predicted octanol–water partition coefficient (Wildman–Crippen LogP) is 3.50. The number of benzene rings is 1. The van der Waals surface area contributed by atoms with Crippen LogP contribution in [0.2, 0.25) is 0 Å². The number of aryl methyl sites for hydroxylation is 2. The van der Waals surface area contributed by atoms with E-state index in [0.29, 0.717) is 18.7 Å². The number of amides is 1. The molecule has 0 aliphatic rings. The Labute approximate surface area is 125 Å². The maximum Gasteiger partial charge on any atom is 0.220 e. The van der Waals surface area contributed by atoms with Crippen molar-refractivity contribution in [1.29, 1.82) is 0 Å². The summed E-state index contributed by atoms with van der Waals surface area (Å²) in [6.07, 6.45) is 4.76. The molecule has 0 saturated carbocycles. The first-order valence-corrected chi connectivity index (χ1v) is 7.47. The zero-order valence-corrected chi connectivity index (χ0v) is 12.7. The van der Waals surface area contributed by atoms with Crippen LogP contribution in [-0.2, 0) is 11.2 Å². The van der Waals surface area contributed by atoms with Crippen molar-refractivity contribution in [3.63, 3.8) is 0 Å². The Hall–Kier alpha value is -2.10. The molecule has 0 bridgehead atoms. The molecule has 1 heterocycles. The van der Waals surface area contributed by atoms with Gasteiger partial charge in [0.1, 0.15) is 0 Å². The van der Waals surface area contributed by atoms with Crippen LogP contribution in [0.15, 0.2) is 34.9 Å². The Morgan fingerprint density at radius 1 is 1.29 bits per heavy atom. The van der Waals surface area contributed by atoms with Crippen molar-refractivity contribution in [1.82, 2.24) is 10.3 Å². The molecule has 21 heavy (non-hydrogen) atoms. The summed E-state index contributed by atoms with van der Waals surface area (Å²) in [7, 11) is 0. The summed E-state index contributed by atoms with van der Waals surface area (Å²) >= 11 is 0. The van der Waals surface area contributed by atoms with Crippen LogP contribution in [0, 0.1) is 6.92 Å². The first-order valence-electron chi connectivity index (χ1n) is 7.47. The van der Waals surface area contributed by atoms with Crippen LogP contribution in [-0.4, -0.2) is 17.4 Å². The summed E-state index contributed by atoms with van der Waals surface area (Å²) < 4.78 is 5.69. The minimum Gasteiger partial charge on any atom is -0.441 e. The number of unbranched alkanes of at least 4 members (excludes halogenated alkanes) is 1. The highest BCUT2D eigenvalue weighted by atomic mass is 16.4. The molecule has 112 valence electrons. The Morgan fingerprint density at radius 3 is 2.76 bits per heavy atom. The molecule has 0 spiro atoms. The molecule has 1 amide bonds. The van der Waals surface area contributed by atoms with Gasteiger partial charge in [0.2, 0.25) is 5.91 Å². The Kier molecular flexibility index (Phi) is 5.55. The molecule has 0 atom stereocenters. The van der Waals surface area contributed by atoms with Crippen molar-refractivity contribution in [3.8, 4) is 11.3 Å². The first kappa shape index (κ1) is 15.3. The fourth-order valence-corrected chi connectivity index (χ4v) is 1.99. The second-order valence-electron chi connectivity index (χ2n) is 5.19. The Balaban J connectivity index is 1.86. The molecule has 1 aromatic heterocycles. The molecule has 1 aromatic carbocycles. The van der Waals surface area contributed by atoms with E-state index in [9.17, 15) is 4.79 Å². The fraction of sp³-hybridized carbons (Fsp3) is 0.412. The Bertz CT molecular complexity index is 573. The van der Waals surface area contributed by atoms with E-state index in [1.54, 1.807) is 6.20 Å².